The summed E-state index contributed by atoms with van der Waals surface area (Å²) in [7, 11) is 1.56. The Hall–Kier alpha value is -2.04. The van der Waals surface area contributed by atoms with Crippen LogP contribution in [0.1, 0.15) is 23.7 Å². The Morgan fingerprint density at radius 1 is 1.33 bits per heavy atom. The molecule has 0 atom stereocenters. The summed E-state index contributed by atoms with van der Waals surface area (Å²) >= 11 is 0. The van der Waals surface area contributed by atoms with E-state index in [1.807, 2.05) is 12.1 Å². The van der Waals surface area contributed by atoms with Crippen molar-refractivity contribution in [2.24, 2.45) is 5.73 Å². The van der Waals surface area contributed by atoms with Gasteiger partial charge in [-0.05, 0) is 18.6 Å². The SMILES string of the molecule is CCCNc1ccccc1C(=O)N(C)CC(N)=O. The fraction of sp³-hybridized carbons (Fsp3) is 0.385. The van der Waals surface area contributed by atoms with Crippen LogP contribution in [0.4, 0.5) is 5.69 Å². The van der Waals surface area contributed by atoms with Crippen LogP contribution in [0.15, 0.2) is 24.3 Å². The van der Waals surface area contributed by atoms with E-state index in [1.54, 1.807) is 19.2 Å². The maximum Gasteiger partial charge on any atom is 0.256 e. The van der Waals surface area contributed by atoms with Crippen molar-refractivity contribution in [1.29, 1.82) is 0 Å². The van der Waals surface area contributed by atoms with Gasteiger partial charge in [-0.1, -0.05) is 19.1 Å². The van der Waals surface area contributed by atoms with Crippen LogP contribution in [0, 0.1) is 0 Å². The van der Waals surface area contributed by atoms with Crippen molar-refractivity contribution in [2.45, 2.75) is 13.3 Å². The van der Waals surface area contributed by atoms with Crippen LogP contribution >= 0.6 is 0 Å². The number of likely N-dealkylation sites (N-methyl/N-ethyl adjacent to an activating group) is 1. The Balaban J connectivity index is 2.87. The van der Waals surface area contributed by atoms with E-state index in [0.717, 1.165) is 18.7 Å². The second-order valence-electron chi connectivity index (χ2n) is 4.10. The highest BCUT2D eigenvalue weighted by Crippen LogP contribution is 2.16. The Morgan fingerprint density at radius 2 is 2.00 bits per heavy atom. The highest BCUT2D eigenvalue weighted by atomic mass is 16.2. The predicted octanol–water partition coefficient (Wildman–Crippen LogP) is 1.07. The number of carbonyl (C=O) groups is 2. The van der Waals surface area contributed by atoms with Crippen molar-refractivity contribution >= 4 is 17.5 Å². The summed E-state index contributed by atoms with van der Waals surface area (Å²) in [5.74, 6) is -0.738. The van der Waals surface area contributed by atoms with Gasteiger partial charge in [0.25, 0.3) is 5.91 Å². The molecule has 0 aliphatic heterocycles. The molecule has 0 aliphatic carbocycles. The molecule has 18 heavy (non-hydrogen) atoms. The van der Waals surface area contributed by atoms with Gasteiger partial charge in [-0.15, -0.1) is 0 Å². The second kappa shape index (κ2) is 6.64. The lowest BCUT2D eigenvalue weighted by Gasteiger charge is -2.17. The van der Waals surface area contributed by atoms with Crippen LogP contribution in [0.2, 0.25) is 0 Å². The Morgan fingerprint density at radius 3 is 2.61 bits per heavy atom. The van der Waals surface area contributed by atoms with E-state index in [0.29, 0.717) is 5.56 Å². The molecule has 0 aromatic heterocycles. The van der Waals surface area contributed by atoms with Gasteiger partial charge in [-0.3, -0.25) is 9.59 Å². The summed E-state index contributed by atoms with van der Waals surface area (Å²) < 4.78 is 0. The zero-order valence-corrected chi connectivity index (χ0v) is 10.8. The molecular weight excluding hydrogens is 230 g/mol. The average molecular weight is 249 g/mol. The van der Waals surface area contributed by atoms with Crippen LogP contribution in [0.5, 0.6) is 0 Å². The molecule has 2 amide bonds. The second-order valence-corrected chi connectivity index (χ2v) is 4.10. The Kier molecular flexibility index (Phi) is 5.17. The number of carbonyl (C=O) groups excluding carboxylic acids is 2. The molecule has 0 spiro atoms. The van der Waals surface area contributed by atoms with E-state index < -0.39 is 5.91 Å². The van der Waals surface area contributed by atoms with Crippen molar-refractivity contribution in [2.75, 3.05) is 25.5 Å². The first-order chi connectivity index (χ1) is 8.56. The van der Waals surface area contributed by atoms with E-state index in [-0.39, 0.29) is 12.5 Å². The molecule has 98 valence electrons. The number of anilines is 1. The van der Waals surface area contributed by atoms with Gasteiger partial charge in [0.1, 0.15) is 0 Å². The van der Waals surface area contributed by atoms with Gasteiger partial charge in [-0.2, -0.15) is 0 Å². The molecule has 5 heteroatoms. The molecule has 1 aromatic carbocycles. The normalized spacial score (nSPS) is 9.89. The molecule has 1 aromatic rings. The monoisotopic (exact) mass is 249 g/mol. The Labute approximate surface area is 107 Å². The summed E-state index contributed by atoms with van der Waals surface area (Å²) in [5, 5.41) is 3.19. The van der Waals surface area contributed by atoms with Crippen molar-refractivity contribution < 1.29 is 9.59 Å². The van der Waals surface area contributed by atoms with Crippen LogP contribution in [0.3, 0.4) is 0 Å². The molecule has 0 aliphatic rings. The van der Waals surface area contributed by atoms with E-state index in [1.165, 1.54) is 4.90 Å². The Bertz CT molecular complexity index is 432. The summed E-state index contributed by atoms with van der Waals surface area (Å²) in [6, 6.07) is 7.24. The first-order valence-corrected chi connectivity index (χ1v) is 5.93. The van der Waals surface area contributed by atoms with E-state index >= 15 is 0 Å². The number of para-hydroxylation sites is 1. The van der Waals surface area contributed by atoms with Crippen LogP contribution in [-0.2, 0) is 4.79 Å². The zero-order chi connectivity index (χ0) is 13.5. The van der Waals surface area contributed by atoms with E-state index in [4.69, 9.17) is 5.73 Å². The van der Waals surface area contributed by atoms with Gasteiger partial charge in [0.15, 0.2) is 0 Å². The first kappa shape index (κ1) is 14.0. The van der Waals surface area contributed by atoms with Crippen molar-refractivity contribution in [3.63, 3.8) is 0 Å². The number of hydrogen-bond donors (Lipinski definition) is 2. The van der Waals surface area contributed by atoms with Gasteiger partial charge in [0.05, 0.1) is 12.1 Å². The number of primary amides is 1. The number of amides is 2. The molecular formula is C13H19N3O2. The van der Waals surface area contributed by atoms with Crippen LogP contribution in [0.25, 0.3) is 0 Å². The molecule has 0 radical (unpaired) electrons. The average Bonchev–Trinajstić information content (AvgIpc) is 2.35. The summed E-state index contributed by atoms with van der Waals surface area (Å²) in [6.07, 6.45) is 0.972. The smallest absolute Gasteiger partial charge is 0.256 e. The minimum absolute atomic E-state index is 0.0824. The highest BCUT2D eigenvalue weighted by Gasteiger charge is 2.16. The molecule has 5 nitrogen and oxygen atoms in total. The lowest BCUT2D eigenvalue weighted by molar-refractivity contribution is -0.118. The summed E-state index contributed by atoms with van der Waals surface area (Å²) in [6.45, 7) is 2.77. The zero-order valence-electron chi connectivity index (χ0n) is 10.8. The molecule has 0 saturated heterocycles. The van der Waals surface area contributed by atoms with Gasteiger partial charge in [0, 0.05) is 19.3 Å². The lowest BCUT2D eigenvalue weighted by Crippen LogP contribution is -2.35. The maximum absolute atomic E-state index is 12.1. The van der Waals surface area contributed by atoms with Crippen LogP contribution < -0.4 is 11.1 Å². The minimum atomic E-state index is -0.523. The molecule has 0 bridgehead atoms. The predicted molar refractivity (Wildman–Crippen MR) is 71.4 cm³/mol. The minimum Gasteiger partial charge on any atom is -0.384 e. The van der Waals surface area contributed by atoms with E-state index in [2.05, 4.69) is 12.2 Å². The van der Waals surface area contributed by atoms with Crippen molar-refractivity contribution in [3.05, 3.63) is 29.8 Å². The van der Waals surface area contributed by atoms with Crippen LogP contribution in [-0.4, -0.2) is 36.9 Å². The van der Waals surface area contributed by atoms with Gasteiger partial charge in [0.2, 0.25) is 5.91 Å². The number of rotatable bonds is 6. The number of hydrogen-bond acceptors (Lipinski definition) is 3. The molecule has 0 saturated carbocycles. The molecule has 0 heterocycles. The fourth-order valence-corrected chi connectivity index (χ4v) is 1.59. The number of benzene rings is 1. The first-order valence-electron chi connectivity index (χ1n) is 5.93. The maximum atomic E-state index is 12.1. The summed E-state index contributed by atoms with van der Waals surface area (Å²) in [4.78, 5) is 24.3. The molecule has 3 N–H and O–H groups in total. The standard InChI is InChI=1S/C13H19N3O2/c1-3-8-15-11-7-5-4-6-10(11)13(18)16(2)9-12(14)17/h4-7,15H,3,8-9H2,1-2H3,(H2,14,17). The van der Waals surface area contributed by atoms with Crippen molar-refractivity contribution in [3.8, 4) is 0 Å². The highest BCUT2D eigenvalue weighted by molar-refractivity contribution is 6.00. The van der Waals surface area contributed by atoms with Crippen molar-refractivity contribution in [1.82, 2.24) is 4.90 Å². The van der Waals surface area contributed by atoms with Gasteiger partial charge >= 0.3 is 0 Å². The quantitative estimate of drug-likeness (QED) is 0.791. The molecule has 0 fully saturated rings. The molecule has 0 unspecified atom stereocenters. The molecule has 1 rings (SSSR count). The van der Waals surface area contributed by atoms with Gasteiger partial charge < -0.3 is 16.0 Å². The lowest BCUT2D eigenvalue weighted by atomic mass is 10.1. The largest absolute Gasteiger partial charge is 0.384 e. The third kappa shape index (κ3) is 3.76. The third-order valence-corrected chi connectivity index (χ3v) is 2.46. The number of nitrogens with two attached hydrogens (primary N) is 1. The van der Waals surface area contributed by atoms with Gasteiger partial charge in [-0.25, -0.2) is 0 Å². The van der Waals surface area contributed by atoms with E-state index in [9.17, 15) is 9.59 Å². The summed E-state index contributed by atoms with van der Waals surface area (Å²) in [5.41, 5.74) is 6.41. The fourth-order valence-electron chi connectivity index (χ4n) is 1.59. The third-order valence-electron chi connectivity index (χ3n) is 2.46. The number of nitrogens with one attached hydrogen (secondary N) is 1. The topological polar surface area (TPSA) is 75.4 Å². The number of nitrogens with zero attached hydrogens (tertiary/aromatic N) is 1.